The van der Waals surface area contributed by atoms with E-state index in [1.54, 1.807) is 12.0 Å². The number of pyridine rings is 1. The number of amides is 1. The average Bonchev–Trinajstić information content (AvgIpc) is 3.26. The molecule has 0 bridgehead atoms. The summed E-state index contributed by atoms with van der Waals surface area (Å²) in [6.07, 6.45) is 3.50. The highest BCUT2D eigenvalue weighted by Gasteiger charge is 2.29. The zero-order valence-electron chi connectivity index (χ0n) is 17.8. The molecule has 2 N–H and O–H groups in total. The van der Waals surface area contributed by atoms with Crippen molar-refractivity contribution < 1.29 is 9.53 Å². The van der Waals surface area contributed by atoms with Crippen LogP contribution in [-0.4, -0.2) is 54.1 Å². The normalized spacial score (nSPS) is 16.2. The molecular weight excluding hydrogens is 378 g/mol. The standard InChI is InChI=1S/C23H29N5O2/c1-23(2,27-15-22(29)28-12-4-5-19(28)13-24)16-26-21-11-8-18(14-25-21)17-6-9-20(30-3)10-7-17/h6-11,14,19,27H,4-5,12,15-16H2,1-3H3,(H,25,26)/t19-/m0/s1. The highest BCUT2D eigenvalue weighted by Crippen LogP contribution is 2.22. The Bertz CT molecular complexity index is 887. The number of anilines is 1. The average molecular weight is 408 g/mol. The van der Waals surface area contributed by atoms with Crippen molar-refractivity contribution in [3.05, 3.63) is 42.6 Å². The number of likely N-dealkylation sites (tertiary alicyclic amines) is 1. The smallest absolute Gasteiger partial charge is 0.237 e. The predicted molar refractivity (Wildman–Crippen MR) is 117 cm³/mol. The van der Waals surface area contributed by atoms with Crippen LogP contribution in [0.15, 0.2) is 42.6 Å². The molecule has 7 nitrogen and oxygen atoms in total. The minimum absolute atomic E-state index is 0.0194. The van der Waals surface area contributed by atoms with E-state index in [2.05, 4.69) is 21.7 Å². The summed E-state index contributed by atoms with van der Waals surface area (Å²) in [6, 6.07) is 13.8. The number of rotatable bonds is 8. The van der Waals surface area contributed by atoms with E-state index in [-0.39, 0.29) is 24.0 Å². The first-order valence-electron chi connectivity index (χ1n) is 10.2. The van der Waals surface area contributed by atoms with Gasteiger partial charge in [-0.05, 0) is 56.5 Å². The summed E-state index contributed by atoms with van der Waals surface area (Å²) in [6.45, 7) is 5.56. The maximum Gasteiger partial charge on any atom is 0.237 e. The van der Waals surface area contributed by atoms with Crippen LogP contribution in [0.25, 0.3) is 11.1 Å². The van der Waals surface area contributed by atoms with E-state index in [1.807, 2.05) is 56.4 Å². The van der Waals surface area contributed by atoms with Crippen molar-refractivity contribution in [2.75, 3.05) is 32.1 Å². The van der Waals surface area contributed by atoms with Crippen molar-refractivity contribution in [2.24, 2.45) is 0 Å². The first-order valence-corrected chi connectivity index (χ1v) is 10.2. The quantitative estimate of drug-likeness (QED) is 0.699. The predicted octanol–water partition coefficient (Wildman–Crippen LogP) is 3.05. The number of nitrogens with one attached hydrogen (secondary N) is 2. The first kappa shape index (κ1) is 21.6. The Labute approximate surface area is 178 Å². The van der Waals surface area contributed by atoms with Gasteiger partial charge in [0.05, 0.1) is 19.7 Å². The molecule has 1 fully saturated rings. The fraction of sp³-hybridized carbons (Fsp3) is 0.435. The molecule has 2 heterocycles. The number of nitriles is 1. The van der Waals surface area contributed by atoms with E-state index in [0.717, 1.165) is 35.5 Å². The number of methoxy groups -OCH3 is 1. The summed E-state index contributed by atoms with van der Waals surface area (Å²) in [4.78, 5) is 18.6. The summed E-state index contributed by atoms with van der Waals surface area (Å²) >= 11 is 0. The highest BCUT2D eigenvalue weighted by molar-refractivity contribution is 5.79. The summed E-state index contributed by atoms with van der Waals surface area (Å²) in [5.41, 5.74) is 1.80. The van der Waals surface area contributed by atoms with Gasteiger partial charge in [0.1, 0.15) is 17.6 Å². The third kappa shape index (κ3) is 5.49. The van der Waals surface area contributed by atoms with Crippen LogP contribution < -0.4 is 15.4 Å². The maximum absolute atomic E-state index is 12.4. The fourth-order valence-corrected chi connectivity index (χ4v) is 3.44. The zero-order chi connectivity index (χ0) is 21.6. The number of carbonyl (C=O) groups is 1. The molecule has 7 heteroatoms. The molecule has 1 atom stereocenters. The molecule has 3 rings (SSSR count). The Morgan fingerprint density at radius 2 is 2.00 bits per heavy atom. The van der Waals surface area contributed by atoms with Crippen LogP contribution >= 0.6 is 0 Å². The Morgan fingerprint density at radius 3 is 2.63 bits per heavy atom. The third-order valence-electron chi connectivity index (χ3n) is 5.34. The van der Waals surface area contributed by atoms with Gasteiger partial charge in [-0.1, -0.05) is 12.1 Å². The summed E-state index contributed by atoms with van der Waals surface area (Å²) < 4.78 is 5.19. The number of benzene rings is 1. The lowest BCUT2D eigenvalue weighted by Crippen LogP contribution is -2.50. The SMILES string of the molecule is COc1ccc(-c2ccc(NCC(C)(C)NCC(=O)N3CCC[C@H]3C#N)nc2)cc1. The zero-order valence-corrected chi connectivity index (χ0v) is 17.8. The third-order valence-corrected chi connectivity index (χ3v) is 5.34. The molecule has 0 spiro atoms. The van der Waals surface area contributed by atoms with Crippen molar-refractivity contribution in [1.82, 2.24) is 15.2 Å². The number of hydrogen-bond acceptors (Lipinski definition) is 6. The number of aromatic nitrogens is 1. The van der Waals surface area contributed by atoms with Crippen molar-refractivity contribution in [3.8, 4) is 22.9 Å². The molecule has 30 heavy (non-hydrogen) atoms. The second-order valence-corrected chi connectivity index (χ2v) is 8.13. The number of carbonyl (C=O) groups excluding carboxylic acids is 1. The molecular formula is C23H29N5O2. The van der Waals surface area contributed by atoms with Gasteiger partial charge in [0, 0.05) is 30.4 Å². The molecule has 1 aromatic carbocycles. The molecule has 1 saturated heterocycles. The molecule has 0 unspecified atom stereocenters. The summed E-state index contributed by atoms with van der Waals surface area (Å²) in [7, 11) is 1.65. The van der Waals surface area contributed by atoms with Crippen LogP contribution in [0.2, 0.25) is 0 Å². The Hall–Kier alpha value is -3.11. The first-order chi connectivity index (χ1) is 14.4. The van der Waals surface area contributed by atoms with Gasteiger partial charge in [-0.3, -0.25) is 4.79 Å². The lowest BCUT2D eigenvalue weighted by Gasteiger charge is -2.28. The minimum atomic E-state index is -0.312. The van der Waals surface area contributed by atoms with E-state index in [0.29, 0.717) is 13.1 Å². The Kier molecular flexibility index (Phi) is 6.91. The molecule has 0 saturated carbocycles. The van der Waals surface area contributed by atoms with Crippen molar-refractivity contribution in [3.63, 3.8) is 0 Å². The van der Waals surface area contributed by atoms with Gasteiger partial charge in [-0.15, -0.1) is 0 Å². The molecule has 2 aromatic rings. The lowest BCUT2D eigenvalue weighted by molar-refractivity contribution is -0.130. The van der Waals surface area contributed by atoms with Gasteiger partial charge in [0.2, 0.25) is 5.91 Å². The Morgan fingerprint density at radius 1 is 1.27 bits per heavy atom. The van der Waals surface area contributed by atoms with Crippen LogP contribution in [-0.2, 0) is 4.79 Å². The van der Waals surface area contributed by atoms with Gasteiger partial charge >= 0.3 is 0 Å². The van der Waals surface area contributed by atoms with Gasteiger partial charge < -0.3 is 20.3 Å². The van der Waals surface area contributed by atoms with Gasteiger partial charge in [0.15, 0.2) is 0 Å². The van der Waals surface area contributed by atoms with Gasteiger partial charge in [0.25, 0.3) is 0 Å². The van der Waals surface area contributed by atoms with Crippen LogP contribution in [0.3, 0.4) is 0 Å². The molecule has 1 aliphatic rings. The van der Waals surface area contributed by atoms with E-state index >= 15 is 0 Å². The topological polar surface area (TPSA) is 90.3 Å². The van der Waals surface area contributed by atoms with E-state index in [4.69, 9.17) is 10.00 Å². The Balaban J connectivity index is 1.50. The van der Waals surface area contributed by atoms with Crippen molar-refractivity contribution in [2.45, 2.75) is 38.3 Å². The fourth-order valence-electron chi connectivity index (χ4n) is 3.44. The van der Waals surface area contributed by atoms with Gasteiger partial charge in [-0.2, -0.15) is 5.26 Å². The molecule has 1 amide bonds. The summed E-state index contributed by atoms with van der Waals surface area (Å²) in [5.74, 6) is 1.58. The monoisotopic (exact) mass is 407 g/mol. The van der Waals surface area contributed by atoms with Crippen LogP contribution in [0.4, 0.5) is 5.82 Å². The molecule has 158 valence electrons. The number of hydrogen-bond donors (Lipinski definition) is 2. The molecule has 1 aromatic heterocycles. The molecule has 0 radical (unpaired) electrons. The number of nitrogens with zero attached hydrogens (tertiary/aromatic N) is 3. The van der Waals surface area contributed by atoms with Crippen LogP contribution in [0.5, 0.6) is 5.75 Å². The van der Waals surface area contributed by atoms with E-state index in [1.165, 1.54) is 0 Å². The molecule has 0 aliphatic carbocycles. The minimum Gasteiger partial charge on any atom is -0.497 e. The van der Waals surface area contributed by atoms with Crippen molar-refractivity contribution in [1.29, 1.82) is 5.26 Å². The van der Waals surface area contributed by atoms with Crippen LogP contribution in [0, 0.1) is 11.3 Å². The summed E-state index contributed by atoms with van der Waals surface area (Å²) in [5, 5.41) is 15.8. The number of ether oxygens (including phenoxy) is 1. The van der Waals surface area contributed by atoms with Crippen LogP contribution in [0.1, 0.15) is 26.7 Å². The largest absolute Gasteiger partial charge is 0.497 e. The molecule has 1 aliphatic heterocycles. The van der Waals surface area contributed by atoms with Crippen molar-refractivity contribution >= 4 is 11.7 Å². The maximum atomic E-state index is 12.4. The van der Waals surface area contributed by atoms with Gasteiger partial charge in [-0.25, -0.2) is 4.98 Å². The highest BCUT2D eigenvalue weighted by atomic mass is 16.5. The van der Waals surface area contributed by atoms with E-state index < -0.39 is 0 Å². The second-order valence-electron chi connectivity index (χ2n) is 8.13. The van der Waals surface area contributed by atoms with E-state index in [9.17, 15) is 4.79 Å². The lowest BCUT2D eigenvalue weighted by atomic mass is 10.1. The second kappa shape index (κ2) is 9.59.